The molecule has 0 bridgehead atoms. The van der Waals surface area contributed by atoms with Gasteiger partial charge in [0.15, 0.2) is 0 Å². The Morgan fingerprint density at radius 3 is 2.58 bits per heavy atom. The summed E-state index contributed by atoms with van der Waals surface area (Å²) in [7, 11) is 2.77. The van der Waals surface area contributed by atoms with Crippen molar-refractivity contribution in [2.75, 3.05) is 25.7 Å². The van der Waals surface area contributed by atoms with Gasteiger partial charge in [-0.1, -0.05) is 32.0 Å². The molecule has 0 radical (unpaired) electrons. The van der Waals surface area contributed by atoms with Crippen LogP contribution in [0.4, 0.5) is 0 Å². The van der Waals surface area contributed by atoms with E-state index in [0.717, 1.165) is 23.5 Å². The van der Waals surface area contributed by atoms with Crippen molar-refractivity contribution in [3.05, 3.63) is 29.8 Å². The maximum atomic E-state index is 12.1. The molecule has 3 nitrogen and oxygen atoms in total. The Bertz CT molecular complexity index is 407. The van der Waals surface area contributed by atoms with Gasteiger partial charge in [-0.25, -0.2) is 0 Å². The minimum atomic E-state index is -0.799. The summed E-state index contributed by atoms with van der Waals surface area (Å²) in [4.78, 5) is 0. The van der Waals surface area contributed by atoms with Crippen molar-refractivity contribution in [3.63, 3.8) is 0 Å². The second-order valence-electron chi connectivity index (χ2n) is 5.08. The predicted molar refractivity (Wildman–Crippen MR) is 82.1 cm³/mol. The Morgan fingerprint density at radius 1 is 1.32 bits per heavy atom. The second kappa shape index (κ2) is 8.33. The molecule has 0 spiro atoms. The first-order valence-corrected chi connectivity index (χ1v) is 8.22. The Balaban J connectivity index is 2.70. The van der Waals surface area contributed by atoms with Gasteiger partial charge in [-0.2, -0.15) is 0 Å². The van der Waals surface area contributed by atoms with Crippen molar-refractivity contribution in [2.24, 2.45) is 5.92 Å². The van der Waals surface area contributed by atoms with Gasteiger partial charge in [-0.05, 0) is 25.5 Å². The quantitative estimate of drug-likeness (QED) is 0.797. The molecule has 1 aromatic rings. The molecule has 108 valence electrons. The van der Waals surface area contributed by atoms with E-state index in [4.69, 9.17) is 4.74 Å². The smallest absolute Gasteiger partial charge is 0.123 e. The maximum absolute atomic E-state index is 12.1. The monoisotopic (exact) mass is 283 g/mol. The zero-order valence-corrected chi connectivity index (χ0v) is 13.1. The fourth-order valence-electron chi connectivity index (χ4n) is 1.92. The molecule has 0 fully saturated rings. The molecule has 2 unspecified atom stereocenters. The number of para-hydroxylation sites is 1. The average Bonchev–Trinajstić information content (AvgIpc) is 2.42. The van der Waals surface area contributed by atoms with E-state index in [2.05, 4.69) is 19.2 Å². The molecule has 0 aliphatic carbocycles. The number of hydrogen-bond acceptors (Lipinski definition) is 3. The molecule has 1 rings (SSSR count). The van der Waals surface area contributed by atoms with Gasteiger partial charge in [0.1, 0.15) is 5.75 Å². The Morgan fingerprint density at radius 2 is 2.00 bits per heavy atom. The average molecular weight is 283 g/mol. The predicted octanol–water partition coefficient (Wildman–Crippen LogP) is 2.75. The fourth-order valence-corrected chi connectivity index (χ4v) is 3.54. The van der Waals surface area contributed by atoms with Crippen molar-refractivity contribution in [1.29, 1.82) is 0 Å². The lowest BCUT2D eigenvalue weighted by Crippen LogP contribution is -2.24. The van der Waals surface area contributed by atoms with Gasteiger partial charge in [0, 0.05) is 33.9 Å². The lowest BCUT2D eigenvalue weighted by atomic mass is 10.1. The lowest BCUT2D eigenvalue weighted by Gasteiger charge is -2.19. The summed E-state index contributed by atoms with van der Waals surface area (Å²) in [5, 5.41) is 3.24. The standard InChI is InChI=1S/C15H25NO2S/c1-12(2)9-10-19(17)11-14(16-3)13-7-5-6-8-15(13)18-4/h5-8,12,14,16H,9-11H2,1-4H3. The van der Waals surface area contributed by atoms with Crippen LogP contribution < -0.4 is 10.1 Å². The number of methoxy groups -OCH3 is 1. The third-order valence-corrected chi connectivity index (χ3v) is 4.53. The van der Waals surface area contributed by atoms with E-state index in [-0.39, 0.29) is 6.04 Å². The third-order valence-electron chi connectivity index (χ3n) is 3.14. The summed E-state index contributed by atoms with van der Waals surface area (Å²) < 4.78 is 17.5. The third kappa shape index (κ3) is 5.33. The zero-order valence-electron chi connectivity index (χ0n) is 12.3. The van der Waals surface area contributed by atoms with E-state index in [0.29, 0.717) is 11.7 Å². The van der Waals surface area contributed by atoms with Crippen molar-refractivity contribution >= 4 is 10.8 Å². The van der Waals surface area contributed by atoms with Crippen molar-refractivity contribution in [2.45, 2.75) is 26.3 Å². The molecule has 2 atom stereocenters. The van der Waals surface area contributed by atoms with E-state index in [1.165, 1.54) is 0 Å². The molecule has 0 amide bonds. The van der Waals surface area contributed by atoms with Crippen LogP contribution in [-0.4, -0.2) is 29.9 Å². The highest BCUT2D eigenvalue weighted by atomic mass is 32.2. The minimum absolute atomic E-state index is 0.0733. The topological polar surface area (TPSA) is 38.3 Å². The van der Waals surface area contributed by atoms with Gasteiger partial charge >= 0.3 is 0 Å². The largest absolute Gasteiger partial charge is 0.496 e. The number of nitrogens with one attached hydrogen (secondary N) is 1. The van der Waals surface area contributed by atoms with E-state index < -0.39 is 10.8 Å². The zero-order chi connectivity index (χ0) is 14.3. The summed E-state index contributed by atoms with van der Waals surface area (Å²) in [6, 6.07) is 7.98. The molecule has 1 aromatic carbocycles. The van der Waals surface area contributed by atoms with Crippen LogP contribution in [0.5, 0.6) is 5.75 Å². The number of rotatable bonds is 8. The van der Waals surface area contributed by atoms with Crippen molar-refractivity contribution in [3.8, 4) is 5.75 Å². The lowest BCUT2D eigenvalue weighted by molar-refractivity contribution is 0.404. The first-order chi connectivity index (χ1) is 9.08. The van der Waals surface area contributed by atoms with Crippen LogP contribution in [0.15, 0.2) is 24.3 Å². The molecule has 0 saturated heterocycles. The van der Waals surface area contributed by atoms with E-state index in [1.807, 2.05) is 31.3 Å². The maximum Gasteiger partial charge on any atom is 0.123 e. The van der Waals surface area contributed by atoms with Crippen molar-refractivity contribution < 1.29 is 8.95 Å². The SMILES string of the molecule is CNC(CS(=O)CCC(C)C)c1ccccc1OC. The van der Waals surface area contributed by atoms with Crippen molar-refractivity contribution in [1.82, 2.24) is 5.32 Å². The second-order valence-corrected chi connectivity index (χ2v) is 6.70. The van der Waals surface area contributed by atoms with E-state index in [1.54, 1.807) is 7.11 Å². The van der Waals surface area contributed by atoms with Gasteiger partial charge in [0.05, 0.1) is 7.11 Å². The van der Waals surface area contributed by atoms with Crippen LogP contribution in [-0.2, 0) is 10.8 Å². The minimum Gasteiger partial charge on any atom is -0.496 e. The van der Waals surface area contributed by atoms with E-state index >= 15 is 0 Å². The molecule has 1 N–H and O–H groups in total. The summed E-state index contributed by atoms with van der Waals surface area (Å²) in [5.41, 5.74) is 1.07. The van der Waals surface area contributed by atoms with Gasteiger partial charge in [-0.15, -0.1) is 0 Å². The number of ether oxygens (including phenoxy) is 1. The Kier molecular flexibility index (Phi) is 7.10. The molecular weight excluding hydrogens is 258 g/mol. The highest BCUT2D eigenvalue weighted by Crippen LogP contribution is 2.25. The highest BCUT2D eigenvalue weighted by molar-refractivity contribution is 7.85. The molecule has 0 heterocycles. The van der Waals surface area contributed by atoms with E-state index in [9.17, 15) is 4.21 Å². The van der Waals surface area contributed by atoms with Crippen LogP contribution >= 0.6 is 0 Å². The molecule has 0 aromatic heterocycles. The Hall–Kier alpha value is -0.870. The summed E-state index contributed by atoms with van der Waals surface area (Å²) in [6.45, 7) is 4.32. The summed E-state index contributed by atoms with van der Waals surface area (Å²) in [6.07, 6.45) is 1.01. The normalized spacial score (nSPS) is 14.4. The van der Waals surface area contributed by atoms with Crippen LogP contribution in [0.1, 0.15) is 31.9 Å². The van der Waals surface area contributed by atoms with Gasteiger partial charge < -0.3 is 10.1 Å². The molecule has 0 aliphatic heterocycles. The van der Waals surface area contributed by atoms with Gasteiger partial charge in [-0.3, -0.25) is 4.21 Å². The molecular formula is C15H25NO2S. The number of benzene rings is 1. The Labute approximate surface area is 119 Å². The summed E-state index contributed by atoms with van der Waals surface area (Å²) in [5.74, 6) is 2.85. The van der Waals surface area contributed by atoms with Gasteiger partial charge in [0.2, 0.25) is 0 Å². The first-order valence-electron chi connectivity index (χ1n) is 6.73. The van der Waals surface area contributed by atoms with Crippen LogP contribution in [0.2, 0.25) is 0 Å². The van der Waals surface area contributed by atoms with Gasteiger partial charge in [0.25, 0.3) is 0 Å². The summed E-state index contributed by atoms with van der Waals surface area (Å²) >= 11 is 0. The molecule has 4 heteroatoms. The molecule has 19 heavy (non-hydrogen) atoms. The first kappa shape index (κ1) is 16.2. The molecule has 0 aliphatic rings. The van der Waals surface area contributed by atoms with Crippen LogP contribution in [0.25, 0.3) is 0 Å². The fraction of sp³-hybridized carbons (Fsp3) is 0.600. The van der Waals surface area contributed by atoms with Crippen LogP contribution in [0, 0.1) is 5.92 Å². The van der Waals surface area contributed by atoms with Crippen LogP contribution in [0.3, 0.4) is 0 Å². The number of hydrogen-bond donors (Lipinski definition) is 1. The molecule has 0 saturated carbocycles. The highest BCUT2D eigenvalue weighted by Gasteiger charge is 2.16.